The van der Waals surface area contributed by atoms with Gasteiger partial charge < -0.3 is 14.6 Å². The summed E-state index contributed by atoms with van der Waals surface area (Å²) in [4.78, 5) is 25.9. The third-order valence-electron chi connectivity index (χ3n) is 4.58. The Morgan fingerprint density at radius 3 is 2.43 bits per heavy atom. The molecule has 1 saturated heterocycles. The van der Waals surface area contributed by atoms with Gasteiger partial charge in [-0.3, -0.25) is 4.79 Å². The number of nitrogens with zero attached hydrogens (tertiary/aromatic N) is 2. The predicted octanol–water partition coefficient (Wildman–Crippen LogP) is 2.77. The van der Waals surface area contributed by atoms with E-state index < -0.39 is 11.5 Å². The number of amides is 1. The average molecular weight is 292 g/mol. The van der Waals surface area contributed by atoms with Crippen molar-refractivity contribution in [2.24, 2.45) is 0 Å². The molecule has 2 heterocycles. The highest BCUT2D eigenvalue weighted by Crippen LogP contribution is 2.32. The van der Waals surface area contributed by atoms with Gasteiger partial charge in [0.1, 0.15) is 5.54 Å². The van der Waals surface area contributed by atoms with Gasteiger partial charge >= 0.3 is 5.97 Å². The molecule has 1 aromatic rings. The summed E-state index contributed by atoms with van der Waals surface area (Å²) in [5.41, 5.74) is 1.47. The SMILES string of the molecule is Cc1cc(C(=O)N2CCCC2(C)C(=O)O)c(C)n1C(C)C. The molecule has 5 nitrogen and oxygen atoms in total. The van der Waals surface area contributed by atoms with E-state index in [2.05, 4.69) is 18.4 Å². The molecule has 0 spiro atoms. The minimum atomic E-state index is -1.09. The maximum absolute atomic E-state index is 12.8. The molecule has 1 aliphatic heterocycles. The zero-order chi connectivity index (χ0) is 15.9. The van der Waals surface area contributed by atoms with Crippen LogP contribution in [-0.2, 0) is 4.79 Å². The third kappa shape index (κ3) is 2.34. The fraction of sp³-hybridized carbons (Fsp3) is 0.625. The first-order chi connectivity index (χ1) is 9.70. The number of hydrogen-bond acceptors (Lipinski definition) is 2. The van der Waals surface area contributed by atoms with Gasteiger partial charge in [-0.2, -0.15) is 0 Å². The lowest BCUT2D eigenvalue weighted by molar-refractivity contribution is -0.147. The number of carboxylic acids is 1. The highest BCUT2D eigenvalue weighted by Gasteiger charge is 2.46. The summed E-state index contributed by atoms with van der Waals surface area (Å²) in [5.74, 6) is -1.09. The van der Waals surface area contributed by atoms with Crippen LogP contribution in [0.3, 0.4) is 0 Å². The van der Waals surface area contributed by atoms with Crippen molar-refractivity contribution in [1.82, 2.24) is 9.47 Å². The monoisotopic (exact) mass is 292 g/mol. The molecule has 1 amide bonds. The van der Waals surface area contributed by atoms with Crippen molar-refractivity contribution in [2.75, 3.05) is 6.54 Å². The maximum Gasteiger partial charge on any atom is 0.329 e. The largest absolute Gasteiger partial charge is 0.480 e. The number of carbonyl (C=O) groups excluding carboxylic acids is 1. The number of carbonyl (C=O) groups is 2. The summed E-state index contributed by atoms with van der Waals surface area (Å²) >= 11 is 0. The average Bonchev–Trinajstić information content (AvgIpc) is 2.90. The van der Waals surface area contributed by atoms with E-state index in [1.807, 2.05) is 19.9 Å². The number of aliphatic carboxylic acids is 1. The maximum atomic E-state index is 12.8. The van der Waals surface area contributed by atoms with Crippen molar-refractivity contribution >= 4 is 11.9 Å². The van der Waals surface area contributed by atoms with Crippen molar-refractivity contribution in [3.63, 3.8) is 0 Å². The van der Waals surface area contributed by atoms with Crippen LogP contribution >= 0.6 is 0 Å². The van der Waals surface area contributed by atoms with Crippen LogP contribution < -0.4 is 0 Å². The van der Waals surface area contributed by atoms with E-state index in [0.717, 1.165) is 17.8 Å². The van der Waals surface area contributed by atoms with Crippen LogP contribution in [0, 0.1) is 13.8 Å². The molecule has 5 heteroatoms. The molecule has 0 aromatic carbocycles. The quantitative estimate of drug-likeness (QED) is 0.931. The molecular formula is C16H24N2O3. The molecule has 1 aliphatic rings. The molecule has 0 bridgehead atoms. The topological polar surface area (TPSA) is 62.5 Å². The first-order valence-corrected chi connectivity index (χ1v) is 7.44. The van der Waals surface area contributed by atoms with Crippen molar-refractivity contribution in [2.45, 2.75) is 59.0 Å². The third-order valence-corrected chi connectivity index (χ3v) is 4.58. The molecule has 1 N–H and O–H groups in total. The summed E-state index contributed by atoms with van der Waals surface area (Å²) in [7, 11) is 0. The summed E-state index contributed by atoms with van der Waals surface area (Å²) in [5, 5.41) is 9.46. The van der Waals surface area contributed by atoms with E-state index in [-0.39, 0.29) is 11.9 Å². The predicted molar refractivity (Wildman–Crippen MR) is 80.6 cm³/mol. The molecule has 1 atom stereocenters. The van der Waals surface area contributed by atoms with E-state index in [1.54, 1.807) is 6.92 Å². The number of likely N-dealkylation sites (tertiary alicyclic amines) is 1. The van der Waals surface area contributed by atoms with Crippen molar-refractivity contribution in [3.05, 3.63) is 23.0 Å². The summed E-state index contributed by atoms with van der Waals surface area (Å²) < 4.78 is 2.11. The molecule has 2 rings (SSSR count). The van der Waals surface area contributed by atoms with Crippen LogP contribution in [0.5, 0.6) is 0 Å². The van der Waals surface area contributed by atoms with Gasteiger partial charge in [-0.25, -0.2) is 4.79 Å². The lowest BCUT2D eigenvalue weighted by atomic mass is 9.98. The van der Waals surface area contributed by atoms with Crippen molar-refractivity contribution in [3.8, 4) is 0 Å². The second kappa shape index (κ2) is 5.20. The Labute approximate surface area is 125 Å². The van der Waals surface area contributed by atoms with Gasteiger partial charge in [0.15, 0.2) is 0 Å². The van der Waals surface area contributed by atoms with E-state index in [1.165, 1.54) is 4.90 Å². The Morgan fingerprint density at radius 1 is 1.33 bits per heavy atom. The molecule has 21 heavy (non-hydrogen) atoms. The minimum absolute atomic E-state index is 0.169. The van der Waals surface area contributed by atoms with Crippen LogP contribution in [-0.4, -0.2) is 38.5 Å². The van der Waals surface area contributed by atoms with Gasteiger partial charge in [0.05, 0.1) is 5.56 Å². The smallest absolute Gasteiger partial charge is 0.329 e. The summed E-state index contributed by atoms with van der Waals surface area (Å²) in [6, 6.07) is 2.15. The number of carboxylic acid groups (broad SMARTS) is 1. The molecular weight excluding hydrogens is 268 g/mol. The number of rotatable bonds is 3. The zero-order valence-electron chi connectivity index (χ0n) is 13.4. The standard InChI is InChI=1S/C16H24N2O3/c1-10(2)18-11(3)9-13(12(18)4)14(19)17-8-6-7-16(17,5)15(20)21/h9-10H,6-8H2,1-5H3,(H,20,21). The summed E-state index contributed by atoms with van der Waals surface area (Å²) in [6.07, 6.45) is 1.24. The molecule has 1 unspecified atom stereocenters. The Kier molecular flexibility index (Phi) is 3.87. The highest BCUT2D eigenvalue weighted by atomic mass is 16.4. The first-order valence-electron chi connectivity index (χ1n) is 7.44. The van der Waals surface area contributed by atoms with Crippen LogP contribution in [0.2, 0.25) is 0 Å². The number of hydrogen-bond donors (Lipinski definition) is 1. The second-order valence-corrected chi connectivity index (χ2v) is 6.39. The Hall–Kier alpha value is -1.78. The molecule has 0 saturated carbocycles. The second-order valence-electron chi connectivity index (χ2n) is 6.39. The van der Waals surface area contributed by atoms with Gasteiger partial charge in [-0.05, 0) is 53.5 Å². The highest BCUT2D eigenvalue weighted by molar-refractivity contribution is 5.99. The molecule has 0 radical (unpaired) electrons. The van der Waals surface area contributed by atoms with Gasteiger partial charge in [-0.1, -0.05) is 0 Å². The van der Waals surface area contributed by atoms with Crippen molar-refractivity contribution < 1.29 is 14.7 Å². The van der Waals surface area contributed by atoms with Crippen LogP contribution in [0.15, 0.2) is 6.07 Å². The van der Waals surface area contributed by atoms with Gasteiger partial charge in [0.2, 0.25) is 0 Å². The minimum Gasteiger partial charge on any atom is -0.480 e. The lowest BCUT2D eigenvalue weighted by Crippen LogP contribution is -2.50. The Morgan fingerprint density at radius 2 is 1.95 bits per heavy atom. The van der Waals surface area contributed by atoms with Gasteiger partial charge in [0, 0.05) is 24.0 Å². The Bertz CT molecular complexity index is 589. The van der Waals surface area contributed by atoms with Crippen molar-refractivity contribution in [1.29, 1.82) is 0 Å². The zero-order valence-corrected chi connectivity index (χ0v) is 13.4. The molecule has 1 aromatic heterocycles. The van der Waals surface area contributed by atoms with Crippen LogP contribution in [0.25, 0.3) is 0 Å². The fourth-order valence-corrected chi connectivity index (χ4v) is 3.44. The molecule has 116 valence electrons. The van der Waals surface area contributed by atoms with Crippen LogP contribution in [0.1, 0.15) is 61.4 Å². The van der Waals surface area contributed by atoms with E-state index in [0.29, 0.717) is 18.5 Å². The number of aryl methyl sites for hydroxylation is 1. The molecule has 0 aliphatic carbocycles. The number of aromatic nitrogens is 1. The lowest BCUT2D eigenvalue weighted by Gasteiger charge is -2.31. The van der Waals surface area contributed by atoms with Gasteiger partial charge in [-0.15, -0.1) is 0 Å². The first kappa shape index (κ1) is 15.6. The molecule has 1 fully saturated rings. The summed E-state index contributed by atoms with van der Waals surface area (Å²) in [6.45, 7) is 10.2. The van der Waals surface area contributed by atoms with Gasteiger partial charge in [0.25, 0.3) is 5.91 Å². The fourth-order valence-electron chi connectivity index (χ4n) is 3.44. The Balaban J connectivity index is 2.42. The van der Waals surface area contributed by atoms with E-state index in [4.69, 9.17) is 0 Å². The van der Waals surface area contributed by atoms with E-state index in [9.17, 15) is 14.7 Å². The normalized spacial score (nSPS) is 22.1. The van der Waals surface area contributed by atoms with E-state index >= 15 is 0 Å². The van der Waals surface area contributed by atoms with Crippen LogP contribution in [0.4, 0.5) is 0 Å².